The highest BCUT2D eigenvalue weighted by Crippen LogP contribution is 2.17. The van der Waals surface area contributed by atoms with Crippen molar-refractivity contribution in [3.8, 4) is 0 Å². The molecule has 0 saturated heterocycles. The van der Waals surface area contributed by atoms with Crippen LogP contribution in [0.15, 0.2) is 0 Å². The van der Waals surface area contributed by atoms with Crippen molar-refractivity contribution in [1.29, 1.82) is 0 Å². The zero-order valence-corrected chi connectivity index (χ0v) is 13.6. The fourth-order valence-corrected chi connectivity index (χ4v) is 0.919. The summed E-state index contributed by atoms with van der Waals surface area (Å²) in [6, 6.07) is 0. The molecule has 0 heterocycles. The number of hydrogen-bond acceptors (Lipinski definition) is 4. The van der Waals surface area contributed by atoms with Crippen molar-refractivity contribution in [2.45, 2.75) is 79.1 Å². The molecule has 0 fully saturated rings. The lowest BCUT2D eigenvalue weighted by Gasteiger charge is -2.30. The van der Waals surface area contributed by atoms with Gasteiger partial charge >= 0.3 is 5.97 Å². The Morgan fingerprint density at radius 1 is 1.11 bits per heavy atom. The average Bonchev–Trinajstić information content (AvgIpc) is 2.13. The van der Waals surface area contributed by atoms with Crippen LogP contribution >= 0.6 is 0 Å². The van der Waals surface area contributed by atoms with E-state index in [-0.39, 0.29) is 24.2 Å². The third-order valence-electron chi connectivity index (χ3n) is 1.18. The van der Waals surface area contributed by atoms with Gasteiger partial charge in [-0.2, -0.15) is 0 Å². The fourth-order valence-electron chi connectivity index (χ4n) is 0.919. The van der Waals surface area contributed by atoms with Gasteiger partial charge in [0, 0.05) is 6.42 Å². The molecule has 0 spiro atoms. The molecule has 118 valence electrons. The molecule has 3 N–H and O–H groups in total. The molecule has 0 aliphatic heterocycles. The molecule has 0 amide bonds. The summed E-state index contributed by atoms with van der Waals surface area (Å²) in [7, 11) is 0. The van der Waals surface area contributed by atoms with Gasteiger partial charge in [0.15, 0.2) is 0 Å². The normalized spacial score (nSPS) is 12.5. The number of aliphatic hydroxyl groups is 2. The van der Waals surface area contributed by atoms with Crippen molar-refractivity contribution in [3.63, 3.8) is 0 Å². The van der Waals surface area contributed by atoms with Crippen LogP contribution in [0.1, 0.15) is 61.8 Å². The molecule has 0 aliphatic carbocycles. The Hall–Kier alpha value is -0.650. The first-order chi connectivity index (χ1) is 8.25. The van der Waals surface area contributed by atoms with Gasteiger partial charge in [-0.3, -0.25) is 4.79 Å². The number of hydrogen-bond donors (Lipinski definition) is 3. The van der Waals surface area contributed by atoms with Gasteiger partial charge in [-0.25, -0.2) is 0 Å². The molecule has 0 radical (unpaired) electrons. The van der Waals surface area contributed by atoms with Crippen LogP contribution in [0.2, 0.25) is 0 Å². The van der Waals surface area contributed by atoms with E-state index in [0.717, 1.165) is 0 Å². The molecule has 0 rings (SSSR count). The highest BCUT2D eigenvalue weighted by molar-refractivity contribution is 5.66. The van der Waals surface area contributed by atoms with E-state index in [1.165, 1.54) is 6.92 Å². The van der Waals surface area contributed by atoms with Crippen LogP contribution in [0, 0.1) is 0 Å². The largest absolute Gasteiger partial charge is 0.481 e. The molecule has 1 unspecified atom stereocenters. The second-order valence-corrected chi connectivity index (χ2v) is 6.11. The Morgan fingerprint density at radius 2 is 1.32 bits per heavy atom. The van der Waals surface area contributed by atoms with Crippen molar-refractivity contribution in [3.05, 3.63) is 0 Å². The van der Waals surface area contributed by atoms with Gasteiger partial charge in [0.05, 0.1) is 23.9 Å². The summed E-state index contributed by atoms with van der Waals surface area (Å²) in [5.41, 5.74) is -0.0312. The van der Waals surface area contributed by atoms with Gasteiger partial charge < -0.3 is 20.1 Å². The van der Waals surface area contributed by atoms with E-state index < -0.39 is 12.1 Å². The highest BCUT2D eigenvalue weighted by atomic mass is 16.5. The lowest BCUT2D eigenvalue weighted by Crippen LogP contribution is -2.31. The third-order valence-corrected chi connectivity index (χ3v) is 1.18. The van der Waals surface area contributed by atoms with Crippen molar-refractivity contribution in [1.82, 2.24) is 0 Å². The summed E-state index contributed by atoms with van der Waals surface area (Å²) in [6.45, 7) is 15.4. The molecule has 0 aliphatic rings. The Balaban J connectivity index is -0.000000219. The van der Waals surface area contributed by atoms with E-state index in [9.17, 15) is 4.79 Å². The first-order valence-corrected chi connectivity index (χ1v) is 6.46. The van der Waals surface area contributed by atoms with Gasteiger partial charge in [0.1, 0.15) is 0 Å². The molecule has 0 aromatic carbocycles. The van der Waals surface area contributed by atoms with Crippen LogP contribution in [0.4, 0.5) is 0 Å². The minimum Gasteiger partial charge on any atom is -0.481 e. The number of carboxylic acids is 1. The summed E-state index contributed by atoms with van der Waals surface area (Å²) in [5, 5.41) is 23.7. The van der Waals surface area contributed by atoms with E-state index in [1.807, 2.05) is 0 Å². The van der Waals surface area contributed by atoms with Crippen LogP contribution in [-0.4, -0.2) is 45.2 Å². The molecular formula is C14H32O5. The topological polar surface area (TPSA) is 87.0 Å². The number of aliphatic carboxylic acids is 1. The molecule has 19 heavy (non-hydrogen) atoms. The van der Waals surface area contributed by atoms with E-state index in [2.05, 4.69) is 41.5 Å². The maximum Gasteiger partial charge on any atom is 0.303 e. The first-order valence-electron chi connectivity index (χ1n) is 6.46. The molecule has 5 nitrogen and oxygen atoms in total. The predicted molar refractivity (Wildman–Crippen MR) is 77.3 cm³/mol. The quantitative estimate of drug-likeness (QED) is 0.723. The number of carbonyl (C=O) groups is 1. The Labute approximate surface area is 117 Å². The lowest BCUT2D eigenvalue weighted by molar-refractivity contribution is -0.136. The second kappa shape index (κ2) is 11.2. The molecular weight excluding hydrogens is 248 g/mol. The minimum atomic E-state index is -0.745. The SMILES string of the molecule is CC(C)(C)OC(C)(C)C.CC(O)CO.CCC(=O)O. The van der Waals surface area contributed by atoms with Crippen LogP contribution in [0.3, 0.4) is 0 Å². The number of aliphatic hydroxyl groups excluding tert-OH is 2. The second-order valence-electron chi connectivity index (χ2n) is 6.11. The highest BCUT2D eigenvalue weighted by Gasteiger charge is 2.19. The van der Waals surface area contributed by atoms with Crippen molar-refractivity contribution < 1.29 is 24.9 Å². The maximum absolute atomic E-state index is 9.37. The molecule has 0 bridgehead atoms. The lowest BCUT2D eigenvalue weighted by atomic mass is 10.1. The van der Waals surface area contributed by atoms with Gasteiger partial charge in [-0.1, -0.05) is 6.92 Å². The third kappa shape index (κ3) is 46.8. The van der Waals surface area contributed by atoms with Gasteiger partial charge in [0.25, 0.3) is 0 Å². The van der Waals surface area contributed by atoms with Gasteiger partial charge in [-0.05, 0) is 48.5 Å². The summed E-state index contributed by atoms with van der Waals surface area (Å²) in [5.74, 6) is -0.745. The minimum absolute atomic E-state index is 0.0156. The summed E-state index contributed by atoms with van der Waals surface area (Å²) in [6.07, 6.45) is -0.338. The van der Waals surface area contributed by atoms with E-state index in [0.29, 0.717) is 0 Å². The van der Waals surface area contributed by atoms with Crippen molar-refractivity contribution >= 4 is 5.97 Å². The zero-order chi connectivity index (χ0) is 16.3. The predicted octanol–water partition coefficient (Wildman–Crippen LogP) is 2.44. The summed E-state index contributed by atoms with van der Waals surface area (Å²) in [4.78, 5) is 9.37. The molecule has 1 atom stereocenters. The molecule has 0 aromatic heterocycles. The van der Waals surface area contributed by atoms with E-state index in [1.54, 1.807) is 6.92 Å². The number of carboxylic acid groups (broad SMARTS) is 1. The van der Waals surface area contributed by atoms with E-state index >= 15 is 0 Å². The van der Waals surface area contributed by atoms with Crippen molar-refractivity contribution in [2.75, 3.05) is 6.61 Å². The van der Waals surface area contributed by atoms with Crippen LogP contribution in [0.25, 0.3) is 0 Å². The van der Waals surface area contributed by atoms with Crippen LogP contribution in [-0.2, 0) is 9.53 Å². The van der Waals surface area contributed by atoms with Crippen molar-refractivity contribution in [2.24, 2.45) is 0 Å². The number of rotatable bonds is 2. The number of ether oxygens (including phenoxy) is 1. The summed E-state index contributed by atoms with van der Waals surface area (Å²) < 4.78 is 5.62. The monoisotopic (exact) mass is 280 g/mol. The van der Waals surface area contributed by atoms with Crippen LogP contribution < -0.4 is 0 Å². The van der Waals surface area contributed by atoms with Crippen LogP contribution in [0.5, 0.6) is 0 Å². The average molecular weight is 280 g/mol. The Morgan fingerprint density at radius 3 is 1.32 bits per heavy atom. The molecule has 0 aromatic rings. The first kappa shape index (κ1) is 23.4. The fraction of sp³-hybridized carbons (Fsp3) is 0.929. The zero-order valence-electron chi connectivity index (χ0n) is 13.6. The molecule has 5 heteroatoms. The van der Waals surface area contributed by atoms with E-state index in [4.69, 9.17) is 20.1 Å². The van der Waals surface area contributed by atoms with Gasteiger partial charge in [-0.15, -0.1) is 0 Å². The summed E-state index contributed by atoms with van der Waals surface area (Å²) >= 11 is 0. The standard InChI is InChI=1S/C8H18O.C3H8O2.C3H6O2/c1-7(2,3)9-8(4,5)6;1-3(5)2-4;1-2-3(4)5/h1-6H3;3-5H,2H2,1H3;2H2,1H3,(H,4,5). The molecule has 0 saturated carbocycles. The van der Waals surface area contributed by atoms with Gasteiger partial charge in [0.2, 0.25) is 0 Å². The maximum atomic E-state index is 9.37. The Kier molecular flexibility index (Phi) is 13.8. The smallest absolute Gasteiger partial charge is 0.303 e. The Bertz CT molecular complexity index is 199.